The summed E-state index contributed by atoms with van der Waals surface area (Å²) in [6.45, 7) is 0. The summed E-state index contributed by atoms with van der Waals surface area (Å²) >= 11 is 6.96. The second kappa shape index (κ2) is 10.2. The molecule has 0 aliphatic heterocycles. The summed E-state index contributed by atoms with van der Waals surface area (Å²) in [5.41, 5.74) is 9.72. The van der Waals surface area contributed by atoms with E-state index in [0.717, 1.165) is 32.9 Å². The quantitative estimate of drug-likeness (QED) is 0.231. The van der Waals surface area contributed by atoms with E-state index in [-0.39, 0.29) is 6.10 Å². The molecule has 0 bridgehead atoms. The fraction of sp³-hybridized carbons (Fsp3) is 0.200. The van der Waals surface area contributed by atoms with Crippen LogP contribution in [0.1, 0.15) is 56.7 Å². The van der Waals surface area contributed by atoms with E-state index in [1.807, 2.05) is 36.4 Å². The molecule has 4 aromatic rings. The van der Waals surface area contributed by atoms with Crippen LogP contribution in [0.3, 0.4) is 0 Å². The third-order valence-electron chi connectivity index (χ3n) is 6.76. The van der Waals surface area contributed by atoms with Gasteiger partial charge in [-0.05, 0) is 81.6 Å². The van der Waals surface area contributed by atoms with Gasteiger partial charge in [-0.2, -0.15) is 0 Å². The van der Waals surface area contributed by atoms with Crippen molar-refractivity contribution in [3.05, 3.63) is 138 Å². The largest absolute Gasteiger partial charge is 0.388 e. The average Bonchev–Trinajstić information content (AvgIpc) is 3.06. The maximum Gasteiger partial charge on any atom is 0.0833 e. The van der Waals surface area contributed by atoms with Crippen LogP contribution in [0.5, 0.6) is 0 Å². The van der Waals surface area contributed by atoms with Gasteiger partial charge in [-0.3, -0.25) is 0 Å². The molecule has 4 heteroatoms. The molecule has 0 aromatic heterocycles. The van der Waals surface area contributed by atoms with E-state index in [4.69, 9.17) is 0 Å². The highest BCUT2D eigenvalue weighted by Crippen LogP contribution is 2.33. The molecule has 2 N–H and O–H groups in total. The Morgan fingerprint density at radius 2 is 1.00 bits per heavy atom. The predicted octanol–water partition coefficient (Wildman–Crippen LogP) is 7.26. The Morgan fingerprint density at radius 3 is 1.76 bits per heavy atom. The van der Waals surface area contributed by atoms with Gasteiger partial charge < -0.3 is 10.2 Å². The third kappa shape index (κ3) is 5.06. The highest BCUT2D eigenvalue weighted by molar-refractivity contribution is 9.10. The van der Waals surface area contributed by atoms with Crippen LogP contribution in [0.2, 0.25) is 0 Å². The summed E-state index contributed by atoms with van der Waals surface area (Å²) in [6.07, 6.45) is 2.45. The second-order valence-corrected chi connectivity index (χ2v) is 10.8. The van der Waals surface area contributed by atoms with Crippen molar-refractivity contribution in [2.45, 2.75) is 37.9 Å². The van der Waals surface area contributed by atoms with Gasteiger partial charge in [0.2, 0.25) is 0 Å². The molecule has 2 unspecified atom stereocenters. The number of aliphatic hydroxyl groups excluding tert-OH is 2. The van der Waals surface area contributed by atoms with E-state index < -0.39 is 6.10 Å². The van der Waals surface area contributed by atoms with Crippen molar-refractivity contribution >= 4 is 31.9 Å². The van der Waals surface area contributed by atoms with E-state index >= 15 is 0 Å². The zero-order valence-electron chi connectivity index (χ0n) is 18.7. The lowest BCUT2D eigenvalue weighted by Gasteiger charge is -2.11. The summed E-state index contributed by atoms with van der Waals surface area (Å²) in [6, 6.07) is 29.0. The minimum Gasteiger partial charge on any atom is -0.388 e. The van der Waals surface area contributed by atoms with E-state index in [2.05, 4.69) is 80.4 Å². The first kappa shape index (κ1) is 23.5. The number of hydrogen-bond acceptors (Lipinski definition) is 2. The lowest BCUT2D eigenvalue weighted by Crippen LogP contribution is -2.01. The van der Waals surface area contributed by atoms with Crippen molar-refractivity contribution in [1.82, 2.24) is 0 Å². The summed E-state index contributed by atoms with van der Waals surface area (Å²) in [5.74, 6) is 0. The Bertz CT molecular complexity index is 1330. The molecule has 34 heavy (non-hydrogen) atoms. The van der Waals surface area contributed by atoms with Crippen molar-refractivity contribution < 1.29 is 10.2 Å². The first-order valence-electron chi connectivity index (χ1n) is 11.5. The number of benzene rings is 4. The van der Waals surface area contributed by atoms with Gasteiger partial charge in [0.05, 0.1) is 12.2 Å². The predicted molar refractivity (Wildman–Crippen MR) is 144 cm³/mol. The molecule has 0 saturated heterocycles. The maximum absolute atomic E-state index is 10.3. The van der Waals surface area contributed by atoms with Crippen molar-refractivity contribution in [2.24, 2.45) is 0 Å². The van der Waals surface area contributed by atoms with Crippen LogP contribution in [0.15, 0.2) is 93.9 Å². The SMILES string of the molecule is OC1Cc2cc(Br)ccc2Cc2ccccc21.OC1Cc2ccccc2Cc2ccc(Br)cc21. The van der Waals surface area contributed by atoms with Crippen LogP contribution in [-0.4, -0.2) is 10.2 Å². The Labute approximate surface area is 217 Å². The van der Waals surface area contributed by atoms with Gasteiger partial charge in [0.1, 0.15) is 0 Å². The van der Waals surface area contributed by atoms with Crippen molar-refractivity contribution in [3.8, 4) is 0 Å². The molecule has 172 valence electrons. The fourth-order valence-electron chi connectivity index (χ4n) is 4.99. The van der Waals surface area contributed by atoms with Gasteiger partial charge in [-0.1, -0.05) is 92.5 Å². The normalized spacial score (nSPS) is 18.1. The lowest BCUT2D eigenvalue weighted by atomic mass is 10.0. The highest BCUT2D eigenvalue weighted by atomic mass is 79.9. The number of hydrogen-bond donors (Lipinski definition) is 2. The first-order valence-corrected chi connectivity index (χ1v) is 13.1. The monoisotopic (exact) mass is 576 g/mol. The zero-order valence-corrected chi connectivity index (χ0v) is 21.9. The van der Waals surface area contributed by atoms with Crippen LogP contribution < -0.4 is 0 Å². The highest BCUT2D eigenvalue weighted by Gasteiger charge is 2.21. The Kier molecular flexibility index (Phi) is 7.03. The lowest BCUT2D eigenvalue weighted by molar-refractivity contribution is 0.178. The van der Waals surface area contributed by atoms with Gasteiger partial charge in [-0.15, -0.1) is 0 Å². The van der Waals surface area contributed by atoms with E-state index in [9.17, 15) is 10.2 Å². The Morgan fingerprint density at radius 1 is 0.500 bits per heavy atom. The minimum atomic E-state index is -0.397. The molecule has 2 aliphatic carbocycles. The van der Waals surface area contributed by atoms with Crippen molar-refractivity contribution in [1.29, 1.82) is 0 Å². The zero-order chi connectivity index (χ0) is 23.7. The summed E-state index contributed by atoms with van der Waals surface area (Å²) in [4.78, 5) is 0. The minimum absolute atomic E-state index is 0.387. The summed E-state index contributed by atoms with van der Waals surface area (Å²) in [7, 11) is 0. The molecule has 0 saturated carbocycles. The Hall–Kier alpha value is -2.24. The Balaban J connectivity index is 0.000000142. The molecular weight excluding hydrogens is 552 g/mol. The fourth-order valence-corrected chi connectivity index (χ4v) is 5.78. The average molecular weight is 578 g/mol. The van der Waals surface area contributed by atoms with Crippen molar-refractivity contribution in [3.63, 3.8) is 0 Å². The van der Waals surface area contributed by atoms with Gasteiger partial charge >= 0.3 is 0 Å². The van der Waals surface area contributed by atoms with Crippen molar-refractivity contribution in [2.75, 3.05) is 0 Å². The molecule has 2 aliphatic rings. The molecule has 6 rings (SSSR count). The first-order chi connectivity index (χ1) is 16.5. The summed E-state index contributed by atoms with van der Waals surface area (Å²) < 4.78 is 2.11. The topological polar surface area (TPSA) is 40.5 Å². The van der Waals surface area contributed by atoms with Crippen LogP contribution in [0.4, 0.5) is 0 Å². The van der Waals surface area contributed by atoms with E-state index in [0.29, 0.717) is 12.8 Å². The molecule has 0 radical (unpaired) electrons. The third-order valence-corrected chi connectivity index (χ3v) is 7.74. The van der Waals surface area contributed by atoms with Gasteiger partial charge in [0.15, 0.2) is 0 Å². The van der Waals surface area contributed by atoms with Gasteiger partial charge in [0.25, 0.3) is 0 Å². The maximum atomic E-state index is 10.3. The van der Waals surface area contributed by atoms with Crippen LogP contribution in [0.25, 0.3) is 0 Å². The summed E-state index contributed by atoms with van der Waals surface area (Å²) in [5, 5.41) is 20.6. The smallest absolute Gasteiger partial charge is 0.0833 e. The molecule has 0 amide bonds. The molecule has 4 aromatic carbocycles. The molecule has 0 spiro atoms. The standard InChI is InChI=1S/2C15H13BrO/c16-13-6-5-10-7-11-3-1-2-4-14(11)15(17)9-12(10)8-13;16-13-6-5-12-7-10-3-1-2-4-11(10)8-15(17)14(12)9-13/h1-6,8,15,17H,7,9H2;1-6,9,15,17H,7-8H2. The van der Waals surface area contributed by atoms with E-state index in [1.165, 1.54) is 33.4 Å². The number of fused-ring (bicyclic) bond motifs is 4. The molecule has 2 atom stereocenters. The van der Waals surface area contributed by atoms with Crippen LogP contribution >= 0.6 is 31.9 Å². The van der Waals surface area contributed by atoms with Crippen LogP contribution in [0, 0.1) is 0 Å². The number of halogens is 2. The van der Waals surface area contributed by atoms with Gasteiger partial charge in [-0.25, -0.2) is 0 Å². The van der Waals surface area contributed by atoms with Gasteiger partial charge in [0, 0.05) is 21.8 Å². The molecular formula is C30H26Br2O2. The number of aliphatic hydroxyl groups is 2. The second-order valence-electron chi connectivity index (χ2n) is 9.02. The molecule has 0 heterocycles. The molecule has 0 fully saturated rings. The number of rotatable bonds is 0. The van der Waals surface area contributed by atoms with Crippen LogP contribution in [-0.2, 0) is 25.7 Å². The van der Waals surface area contributed by atoms with E-state index in [1.54, 1.807) is 0 Å². The molecule has 2 nitrogen and oxygen atoms in total.